The van der Waals surface area contributed by atoms with Crippen molar-refractivity contribution < 1.29 is 9.42 Å². The molecule has 0 saturated carbocycles. The molecule has 0 radical (unpaired) electrons. The van der Waals surface area contributed by atoms with Crippen LogP contribution in [0.4, 0.5) is 5.82 Å². The number of aryl methyl sites for hydroxylation is 1. The number of nitrogen functional groups attached to an aromatic ring is 1. The number of anilines is 1. The first kappa shape index (κ1) is 15.8. The highest BCUT2D eigenvalue weighted by molar-refractivity contribution is 6.09. The van der Waals surface area contributed by atoms with Crippen molar-refractivity contribution in [1.82, 2.24) is 20.3 Å². The molecule has 2 heterocycles. The fourth-order valence-electron chi connectivity index (χ4n) is 3.06. The molecule has 0 fully saturated rings. The highest BCUT2D eigenvalue weighted by atomic mass is 16.6. The molecular formula is C18H16N6O2. The second-order valence-corrected chi connectivity index (χ2v) is 5.74. The number of rotatable bonds is 4. The van der Waals surface area contributed by atoms with E-state index in [-0.39, 0.29) is 11.5 Å². The van der Waals surface area contributed by atoms with Gasteiger partial charge in [-0.2, -0.15) is 5.10 Å². The number of nitrogens with zero attached hydrogens (tertiary/aromatic N) is 4. The molecule has 0 aliphatic rings. The predicted octanol–water partition coefficient (Wildman–Crippen LogP) is 2.54. The SMILES string of the molecule is CCn1c2ccccc2c2cc(C=NNC(=O)c3nonc3N)ccc21. The number of carbonyl (C=O) groups excluding carboxylic acids is 1. The lowest BCUT2D eigenvalue weighted by atomic mass is 10.1. The Labute approximate surface area is 148 Å². The van der Waals surface area contributed by atoms with Crippen molar-refractivity contribution in [3.05, 3.63) is 53.7 Å². The summed E-state index contributed by atoms with van der Waals surface area (Å²) in [4.78, 5) is 11.9. The molecule has 0 spiro atoms. The molecule has 4 rings (SSSR count). The van der Waals surface area contributed by atoms with Gasteiger partial charge >= 0.3 is 0 Å². The standard InChI is InChI=1S/C18H16N6O2/c1-2-24-14-6-4-3-5-12(14)13-9-11(7-8-15(13)24)10-20-21-18(25)16-17(19)23-26-22-16/h3-10H,2H2,1H3,(H2,19,23)(H,21,25). The maximum atomic E-state index is 11.9. The summed E-state index contributed by atoms with van der Waals surface area (Å²) < 4.78 is 6.66. The average molecular weight is 348 g/mol. The van der Waals surface area contributed by atoms with Gasteiger partial charge in [0.25, 0.3) is 5.91 Å². The van der Waals surface area contributed by atoms with Gasteiger partial charge in [-0.15, -0.1) is 0 Å². The molecule has 3 N–H and O–H groups in total. The van der Waals surface area contributed by atoms with E-state index in [1.165, 1.54) is 10.9 Å². The number of carbonyl (C=O) groups is 1. The predicted molar refractivity (Wildman–Crippen MR) is 98.9 cm³/mol. The first-order chi connectivity index (χ1) is 12.7. The minimum Gasteiger partial charge on any atom is -0.379 e. The molecular weight excluding hydrogens is 332 g/mol. The van der Waals surface area contributed by atoms with Crippen LogP contribution in [-0.2, 0) is 6.54 Å². The second kappa shape index (κ2) is 6.32. The van der Waals surface area contributed by atoms with Crippen LogP contribution < -0.4 is 11.2 Å². The molecule has 26 heavy (non-hydrogen) atoms. The van der Waals surface area contributed by atoms with E-state index in [0.29, 0.717) is 0 Å². The Morgan fingerprint density at radius 1 is 1.23 bits per heavy atom. The van der Waals surface area contributed by atoms with Crippen molar-refractivity contribution in [2.24, 2.45) is 5.10 Å². The number of hydrazone groups is 1. The molecule has 0 atom stereocenters. The lowest BCUT2D eigenvalue weighted by Gasteiger charge is -2.02. The smallest absolute Gasteiger partial charge is 0.297 e. The van der Waals surface area contributed by atoms with Crippen molar-refractivity contribution in [3.8, 4) is 0 Å². The average Bonchev–Trinajstić information content (AvgIpc) is 3.22. The zero-order valence-electron chi connectivity index (χ0n) is 14.0. The van der Waals surface area contributed by atoms with Crippen LogP contribution >= 0.6 is 0 Å². The summed E-state index contributed by atoms with van der Waals surface area (Å²) in [5.74, 6) is -0.657. The van der Waals surface area contributed by atoms with E-state index < -0.39 is 5.91 Å². The first-order valence-corrected chi connectivity index (χ1v) is 8.11. The fraction of sp³-hybridized carbons (Fsp3) is 0.111. The number of hydrogen-bond donors (Lipinski definition) is 2. The summed E-state index contributed by atoms with van der Waals surface area (Å²) in [6.45, 7) is 3.02. The van der Waals surface area contributed by atoms with Crippen LogP contribution in [0, 0.1) is 0 Å². The molecule has 0 aliphatic heterocycles. The summed E-state index contributed by atoms with van der Waals surface area (Å²) in [6.07, 6.45) is 1.57. The van der Waals surface area contributed by atoms with Gasteiger partial charge in [0.05, 0.1) is 6.21 Å². The molecule has 8 nitrogen and oxygen atoms in total. The van der Waals surface area contributed by atoms with Crippen LogP contribution in [0.3, 0.4) is 0 Å². The van der Waals surface area contributed by atoms with Crippen LogP contribution in [-0.4, -0.2) is 27.0 Å². The minimum absolute atomic E-state index is 0.0773. The van der Waals surface area contributed by atoms with Gasteiger partial charge in [0.2, 0.25) is 11.5 Å². The fourth-order valence-corrected chi connectivity index (χ4v) is 3.06. The Bertz CT molecular complexity index is 1140. The number of para-hydroxylation sites is 1. The monoisotopic (exact) mass is 348 g/mol. The van der Waals surface area contributed by atoms with Gasteiger partial charge in [-0.05, 0) is 41.0 Å². The molecule has 2 aromatic carbocycles. The van der Waals surface area contributed by atoms with Gasteiger partial charge in [-0.25, -0.2) is 10.1 Å². The largest absolute Gasteiger partial charge is 0.379 e. The highest BCUT2D eigenvalue weighted by Crippen LogP contribution is 2.29. The summed E-state index contributed by atoms with van der Waals surface area (Å²) in [5.41, 5.74) is 11.0. The van der Waals surface area contributed by atoms with Crippen molar-refractivity contribution in [2.75, 3.05) is 5.73 Å². The van der Waals surface area contributed by atoms with Gasteiger partial charge < -0.3 is 10.3 Å². The molecule has 0 bridgehead atoms. The summed E-state index contributed by atoms with van der Waals surface area (Å²) in [6, 6.07) is 14.3. The van der Waals surface area contributed by atoms with Crippen molar-refractivity contribution in [1.29, 1.82) is 0 Å². The van der Waals surface area contributed by atoms with Gasteiger partial charge in [0, 0.05) is 28.4 Å². The number of aromatic nitrogens is 3. The lowest BCUT2D eigenvalue weighted by Crippen LogP contribution is -2.19. The van der Waals surface area contributed by atoms with E-state index in [4.69, 9.17) is 5.73 Å². The van der Waals surface area contributed by atoms with Crippen molar-refractivity contribution in [2.45, 2.75) is 13.5 Å². The summed E-state index contributed by atoms with van der Waals surface area (Å²) in [7, 11) is 0. The number of amides is 1. The van der Waals surface area contributed by atoms with Gasteiger partial charge in [0.1, 0.15) is 0 Å². The molecule has 8 heteroatoms. The zero-order valence-corrected chi connectivity index (χ0v) is 14.0. The highest BCUT2D eigenvalue weighted by Gasteiger charge is 2.15. The van der Waals surface area contributed by atoms with E-state index in [0.717, 1.165) is 23.0 Å². The van der Waals surface area contributed by atoms with Crippen LogP contribution in [0.25, 0.3) is 21.8 Å². The summed E-state index contributed by atoms with van der Waals surface area (Å²) >= 11 is 0. The van der Waals surface area contributed by atoms with Crippen LogP contribution in [0.2, 0.25) is 0 Å². The van der Waals surface area contributed by atoms with E-state index in [2.05, 4.69) is 55.2 Å². The third kappa shape index (κ3) is 2.57. The summed E-state index contributed by atoms with van der Waals surface area (Å²) in [5, 5.41) is 13.1. The third-order valence-corrected chi connectivity index (χ3v) is 4.22. The van der Waals surface area contributed by atoms with Crippen molar-refractivity contribution in [3.63, 3.8) is 0 Å². The normalized spacial score (nSPS) is 11.6. The van der Waals surface area contributed by atoms with Crippen molar-refractivity contribution >= 4 is 39.7 Å². The Morgan fingerprint density at radius 3 is 2.81 bits per heavy atom. The number of hydrogen-bond acceptors (Lipinski definition) is 6. The quantitative estimate of drug-likeness (QED) is 0.435. The minimum atomic E-state index is -0.580. The Kier molecular flexibility index (Phi) is 3.85. The maximum absolute atomic E-state index is 11.9. The van der Waals surface area contributed by atoms with Crippen LogP contribution in [0.1, 0.15) is 23.0 Å². The number of nitrogens with one attached hydrogen (secondary N) is 1. The lowest BCUT2D eigenvalue weighted by molar-refractivity contribution is 0.0946. The number of nitrogens with two attached hydrogens (primary N) is 1. The van der Waals surface area contributed by atoms with Gasteiger partial charge in [-0.3, -0.25) is 4.79 Å². The van der Waals surface area contributed by atoms with Gasteiger partial charge in [0.15, 0.2) is 0 Å². The second-order valence-electron chi connectivity index (χ2n) is 5.74. The Hall–Kier alpha value is -3.68. The van der Waals surface area contributed by atoms with Crippen LogP contribution in [0.5, 0.6) is 0 Å². The Morgan fingerprint density at radius 2 is 2.04 bits per heavy atom. The molecule has 130 valence electrons. The Balaban J connectivity index is 1.64. The molecule has 0 unspecified atom stereocenters. The van der Waals surface area contributed by atoms with Gasteiger partial charge in [-0.1, -0.05) is 24.3 Å². The zero-order chi connectivity index (χ0) is 18.1. The van der Waals surface area contributed by atoms with E-state index >= 15 is 0 Å². The number of fused-ring (bicyclic) bond motifs is 3. The van der Waals surface area contributed by atoms with E-state index in [9.17, 15) is 4.79 Å². The van der Waals surface area contributed by atoms with Crippen LogP contribution in [0.15, 0.2) is 52.2 Å². The molecule has 0 saturated heterocycles. The van der Waals surface area contributed by atoms with E-state index in [1.807, 2.05) is 24.3 Å². The molecule has 1 amide bonds. The molecule has 2 aromatic heterocycles. The molecule has 4 aromatic rings. The topological polar surface area (TPSA) is 111 Å². The van der Waals surface area contributed by atoms with E-state index in [1.54, 1.807) is 6.21 Å². The third-order valence-electron chi connectivity index (χ3n) is 4.22. The molecule has 0 aliphatic carbocycles. The maximum Gasteiger partial charge on any atom is 0.297 e. The number of benzene rings is 2. The first-order valence-electron chi connectivity index (χ1n) is 8.11.